The Kier molecular flexibility index (Phi) is 12.2. The molecule has 0 heterocycles. The smallest absolute Gasteiger partial charge is 0.305 e. The summed E-state index contributed by atoms with van der Waals surface area (Å²) in [5, 5.41) is 25.1. The fourth-order valence-electron chi connectivity index (χ4n) is 0.594. The third-order valence-corrected chi connectivity index (χ3v) is 1.10. The normalized spacial score (nSPS) is 10.5. The second kappa shape index (κ2) is 8.91. The maximum absolute atomic E-state index is 9.95. The summed E-state index contributed by atoms with van der Waals surface area (Å²) >= 11 is 0. The van der Waals surface area contributed by atoms with Crippen molar-refractivity contribution in [2.45, 2.75) is 25.4 Å². The van der Waals surface area contributed by atoms with Gasteiger partial charge >= 0.3 is 11.9 Å². The lowest BCUT2D eigenvalue weighted by Gasteiger charge is -2.03. The molecule has 80 valence electrons. The van der Waals surface area contributed by atoms with Crippen LogP contribution in [0.5, 0.6) is 0 Å². The number of carboxylic acids is 2. The number of aliphatic hydroxyl groups is 1. The molecular formula is C6H16N2O5. The Balaban J connectivity index is -0.000000500. The summed E-state index contributed by atoms with van der Waals surface area (Å²) in [4.78, 5) is 19.9. The fourth-order valence-corrected chi connectivity index (χ4v) is 0.594. The highest BCUT2D eigenvalue weighted by atomic mass is 16.4. The second-order valence-corrected chi connectivity index (χ2v) is 2.18. The molecule has 0 aromatic heterocycles. The van der Waals surface area contributed by atoms with Crippen molar-refractivity contribution in [2.24, 2.45) is 0 Å². The molecule has 0 bridgehead atoms. The van der Waals surface area contributed by atoms with Crippen LogP contribution in [0.2, 0.25) is 0 Å². The van der Waals surface area contributed by atoms with Crippen LogP contribution in [0.4, 0.5) is 0 Å². The molecular weight excluding hydrogens is 180 g/mol. The predicted molar refractivity (Wildman–Crippen MR) is 45.2 cm³/mol. The van der Waals surface area contributed by atoms with Crippen LogP contribution in [0, 0.1) is 0 Å². The average molecular weight is 196 g/mol. The monoisotopic (exact) mass is 196 g/mol. The van der Waals surface area contributed by atoms with Crippen molar-refractivity contribution in [3.8, 4) is 0 Å². The van der Waals surface area contributed by atoms with E-state index in [1.807, 2.05) is 0 Å². The quantitative estimate of drug-likeness (QED) is 0.413. The van der Waals surface area contributed by atoms with Crippen LogP contribution in [0.25, 0.3) is 0 Å². The molecule has 0 spiro atoms. The van der Waals surface area contributed by atoms with E-state index in [1.165, 1.54) is 0 Å². The molecule has 0 rings (SSSR count). The summed E-state index contributed by atoms with van der Waals surface area (Å²) in [5.74, 6) is -2.16. The Hall–Kier alpha value is -1.18. The molecule has 0 saturated carbocycles. The van der Waals surface area contributed by atoms with Crippen LogP contribution in [0.1, 0.15) is 19.3 Å². The van der Waals surface area contributed by atoms with Crippen molar-refractivity contribution in [1.29, 1.82) is 0 Å². The Morgan fingerprint density at radius 1 is 1.08 bits per heavy atom. The van der Waals surface area contributed by atoms with Gasteiger partial charge in [0.1, 0.15) is 0 Å². The van der Waals surface area contributed by atoms with Gasteiger partial charge in [0, 0.05) is 6.42 Å². The van der Waals surface area contributed by atoms with E-state index < -0.39 is 24.5 Å². The number of carbonyl (C=O) groups is 2. The van der Waals surface area contributed by atoms with Crippen molar-refractivity contribution >= 4 is 11.9 Å². The van der Waals surface area contributed by atoms with Crippen LogP contribution in [0.15, 0.2) is 0 Å². The number of aliphatic carboxylic acids is 2. The van der Waals surface area contributed by atoms with E-state index in [4.69, 9.17) is 15.3 Å². The summed E-state index contributed by atoms with van der Waals surface area (Å²) in [5.41, 5.74) is 0. The highest BCUT2D eigenvalue weighted by Gasteiger charge is 2.10. The first-order valence-electron chi connectivity index (χ1n) is 3.14. The molecule has 0 aromatic carbocycles. The zero-order valence-electron chi connectivity index (χ0n) is 7.27. The molecule has 0 aromatic rings. The first-order chi connectivity index (χ1) is 5.02. The van der Waals surface area contributed by atoms with Gasteiger partial charge in [0.25, 0.3) is 0 Å². The maximum Gasteiger partial charge on any atom is 0.305 e. The van der Waals surface area contributed by atoms with Gasteiger partial charge in [-0.05, 0) is 6.42 Å². The van der Waals surface area contributed by atoms with Crippen LogP contribution in [0.3, 0.4) is 0 Å². The van der Waals surface area contributed by atoms with Crippen LogP contribution >= 0.6 is 0 Å². The molecule has 7 heteroatoms. The van der Waals surface area contributed by atoms with Gasteiger partial charge in [-0.3, -0.25) is 9.59 Å². The molecule has 0 saturated heterocycles. The van der Waals surface area contributed by atoms with Crippen molar-refractivity contribution in [3.05, 3.63) is 0 Å². The van der Waals surface area contributed by atoms with Gasteiger partial charge in [-0.1, -0.05) is 0 Å². The van der Waals surface area contributed by atoms with Crippen molar-refractivity contribution in [1.82, 2.24) is 12.3 Å². The molecule has 0 radical (unpaired) electrons. The number of hydrogen-bond donors (Lipinski definition) is 5. The van der Waals surface area contributed by atoms with Gasteiger partial charge in [0.05, 0.1) is 12.5 Å². The standard InChI is InChI=1S/C6H10O5.2H3N/c7-4(3-6(10)11)1-2-5(8)9;;/h4,7H,1-3H2,(H,8,9)(H,10,11);2*1H3. The molecule has 13 heavy (non-hydrogen) atoms. The Morgan fingerprint density at radius 3 is 1.85 bits per heavy atom. The summed E-state index contributed by atoms with van der Waals surface area (Å²) < 4.78 is 0. The Morgan fingerprint density at radius 2 is 1.54 bits per heavy atom. The van der Waals surface area contributed by atoms with Crippen molar-refractivity contribution < 1.29 is 24.9 Å². The largest absolute Gasteiger partial charge is 0.481 e. The van der Waals surface area contributed by atoms with E-state index in [0.717, 1.165) is 0 Å². The lowest BCUT2D eigenvalue weighted by Crippen LogP contribution is -2.14. The third kappa shape index (κ3) is 13.8. The van der Waals surface area contributed by atoms with Gasteiger partial charge in [0.2, 0.25) is 0 Å². The van der Waals surface area contributed by atoms with E-state index in [1.54, 1.807) is 0 Å². The van der Waals surface area contributed by atoms with E-state index in [2.05, 4.69) is 0 Å². The number of rotatable bonds is 5. The summed E-state index contributed by atoms with van der Waals surface area (Å²) in [6, 6.07) is 0. The van der Waals surface area contributed by atoms with Crippen LogP contribution in [-0.4, -0.2) is 33.4 Å². The third-order valence-electron chi connectivity index (χ3n) is 1.10. The average Bonchev–Trinajstić information content (AvgIpc) is 1.82. The topological polar surface area (TPSA) is 165 Å². The Bertz CT molecular complexity index is 161. The number of hydrogen-bond acceptors (Lipinski definition) is 5. The number of aliphatic hydroxyl groups excluding tert-OH is 1. The molecule has 0 amide bonds. The van der Waals surface area contributed by atoms with Crippen molar-refractivity contribution in [3.63, 3.8) is 0 Å². The van der Waals surface area contributed by atoms with Gasteiger partial charge in [0.15, 0.2) is 0 Å². The molecule has 0 aliphatic rings. The molecule has 0 aliphatic carbocycles. The van der Waals surface area contributed by atoms with E-state index in [9.17, 15) is 9.59 Å². The highest BCUT2D eigenvalue weighted by Crippen LogP contribution is 2.00. The fraction of sp³-hybridized carbons (Fsp3) is 0.667. The van der Waals surface area contributed by atoms with E-state index >= 15 is 0 Å². The highest BCUT2D eigenvalue weighted by molar-refractivity contribution is 5.68. The summed E-state index contributed by atoms with van der Waals surface area (Å²) in [6.45, 7) is 0. The molecule has 7 nitrogen and oxygen atoms in total. The van der Waals surface area contributed by atoms with E-state index in [0.29, 0.717) is 0 Å². The zero-order chi connectivity index (χ0) is 8.85. The van der Waals surface area contributed by atoms with Gasteiger partial charge < -0.3 is 27.6 Å². The van der Waals surface area contributed by atoms with Gasteiger partial charge in [-0.15, -0.1) is 0 Å². The molecule has 1 unspecified atom stereocenters. The predicted octanol–water partition coefficient (Wildman–Crippen LogP) is 0.0108. The van der Waals surface area contributed by atoms with E-state index in [-0.39, 0.29) is 25.1 Å². The molecule has 1 atom stereocenters. The zero-order valence-corrected chi connectivity index (χ0v) is 7.27. The summed E-state index contributed by atoms with van der Waals surface area (Å²) in [6.07, 6.45) is -1.66. The molecule has 0 fully saturated rings. The minimum atomic E-state index is -1.12. The lowest BCUT2D eigenvalue weighted by atomic mass is 10.1. The SMILES string of the molecule is N.N.O=C(O)CCC(O)CC(=O)O. The minimum absolute atomic E-state index is 0. The lowest BCUT2D eigenvalue weighted by molar-refractivity contribution is -0.141. The maximum atomic E-state index is 9.95. The first kappa shape index (κ1) is 17.8. The molecule has 0 aliphatic heterocycles. The van der Waals surface area contributed by atoms with Crippen LogP contribution in [-0.2, 0) is 9.59 Å². The second-order valence-electron chi connectivity index (χ2n) is 2.18. The van der Waals surface area contributed by atoms with Gasteiger partial charge in [-0.2, -0.15) is 0 Å². The minimum Gasteiger partial charge on any atom is -0.481 e. The molecule has 9 N–H and O–H groups in total. The first-order valence-corrected chi connectivity index (χ1v) is 3.14. The number of carboxylic acid groups (broad SMARTS) is 2. The van der Waals surface area contributed by atoms with Gasteiger partial charge in [-0.25, -0.2) is 0 Å². The summed E-state index contributed by atoms with van der Waals surface area (Å²) in [7, 11) is 0. The van der Waals surface area contributed by atoms with Crippen LogP contribution < -0.4 is 12.3 Å². The van der Waals surface area contributed by atoms with Crippen molar-refractivity contribution in [2.75, 3.05) is 0 Å². The Labute approximate surface area is 75.5 Å².